The van der Waals surface area contributed by atoms with Gasteiger partial charge in [-0.2, -0.15) is 0 Å². The second-order valence-corrected chi connectivity index (χ2v) is 6.46. The Kier molecular flexibility index (Phi) is 3.97. The molecule has 1 atom stereocenters. The molecule has 1 aliphatic carbocycles. The van der Waals surface area contributed by atoms with Crippen molar-refractivity contribution >= 4 is 5.91 Å². The van der Waals surface area contributed by atoms with Gasteiger partial charge in [-0.15, -0.1) is 0 Å². The van der Waals surface area contributed by atoms with Crippen molar-refractivity contribution in [3.8, 4) is 0 Å². The van der Waals surface area contributed by atoms with Gasteiger partial charge in [-0.1, -0.05) is 12.8 Å². The van der Waals surface area contributed by atoms with Gasteiger partial charge < -0.3 is 15.8 Å². The number of hydrogen-bond acceptors (Lipinski definition) is 3. The van der Waals surface area contributed by atoms with Crippen molar-refractivity contribution in [2.75, 3.05) is 13.2 Å². The fourth-order valence-corrected chi connectivity index (χ4v) is 3.27. The van der Waals surface area contributed by atoms with E-state index in [4.69, 9.17) is 10.5 Å². The summed E-state index contributed by atoms with van der Waals surface area (Å²) in [6.45, 7) is 5.37. The molecule has 104 valence electrons. The molecule has 0 aromatic carbocycles. The lowest BCUT2D eigenvalue weighted by atomic mass is 9.84. The highest BCUT2D eigenvalue weighted by Gasteiger charge is 2.41. The molecule has 3 N–H and O–H groups in total. The Morgan fingerprint density at radius 1 is 1.39 bits per heavy atom. The standard InChI is InChI=1S/C14H26N2O2/c1-13(2)9-11(5-8-18-13)16-12(17)14(10-15)6-3-4-7-14/h11H,3-10,15H2,1-2H3,(H,16,17). The summed E-state index contributed by atoms with van der Waals surface area (Å²) in [7, 11) is 0. The van der Waals surface area contributed by atoms with Gasteiger partial charge in [0.1, 0.15) is 0 Å². The Morgan fingerprint density at radius 3 is 2.61 bits per heavy atom. The van der Waals surface area contributed by atoms with Crippen LogP contribution in [0.5, 0.6) is 0 Å². The average Bonchev–Trinajstić information content (AvgIpc) is 2.77. The fourth-order valence-electron chi connectivity index (χ4n) is 3.27. The molecule has 2 aliphatic rings. The highest BCUT2D eigenvalue weighted by Crippen LogP contribution is 2.37. The summed E-state index contributed by atoms with van der Waals surface area (Å²) < 4.78 is 5.68. The second kappa shape index (κ2) is 5.17. The molecule has 2 rings (SSSR count). The lowest BCUT2D eigenvalue weighted by Crippen LogP contribution is -2.51. The van der Waals surface area contributed by atoms with Crippen LogP contribution in [0.4, 0.5) is 0 Å². The van der Waals surface area contributed by atoms with Gasteiger partial charge in [0.2, 0.25) is 5.91 Å². The number of carbonyl (C=O) groups excluding carboxylic acids is 1. The first kappa shape index (κ1) is 13.8. The van der Waals surface area contributed by atoms with E-state index in [-0.39, 0.29) is 23.0 Å². The van der Waals surface area contributed by atoms with Gasteiger partial charge in [-0.05, 0) is 39.5 Å². The third-order valence-corrected chi connectivity index (χ3v) is 4.47. The van der Waals surface area contributed by atoms with Crippen LogP contribution in [0.25, 0.3) is 0 Å². The van der Waals surface area contributed by atoms with Crippen molar-refractivity contribution in [1.29, 1.82) is 0 Å². The number of nitrogens with one attached hydrogen (secondary N) is 1. The van der Waals surface area contributed by atoms with E-state index >= 15 is 0 Å². The molecule has 0 aromatic rings. The number of nitrogens with two attached hydrogens (primary N) is 1. The number of ether oxygens (including phenoxy) is 1. The SMILES string of the molecule is CC1(C)CC(NC(=O)C2(CN)CCCC2)CCO1. The lowest BCUT2D eigenvalue weighted by molar-refractivity contribution is -0.133. The van der Waals surface area contributed by atoms with Crippen molar-refractivity contribution in [1.82, 2.24) is 5.32 Å². The van der Waals surface area contributed by atoms with E-state index in [1.807, 2.05) is 0 Å². The molecule has 1 amide bonds. The maximum Gasteiger partial charge on any atom is 0.227 e. The molecule has 1 aliphatic heterocycles. The molecular formula is C14H26N2O2. The zero-order valence-electron chi connectivity index (χ0n) is 11.6. The summed E-state index contributed by atoms with van der Waals surface area (Å²) >= 11 is 0. The van der Waals surface area contributed by atoms with Crippen molar-refractivity contribution in [3.05, 3.63) is 0 Å². The van der Waals surface area contributed by atoms with Gasteiger partial charge in [-0.3, -0.25) is 4.79 Å². The van der Waals surface area contributed by atoms with Crippen LogP contribution in [0.15, 0.2) is 0 Å². The molecule has 0 aromatic heterocycles. The average molecular weight is 254 g/mol. The van der Waals surface area contributed by atoms with Gasteiger partial charge >= 0.3 is 0 Å². The largest absolute Gasteiger partial charge is 0.375 e. The summed E-state index contributed by atoms with van der Waals surface area (Å²) in [6.07, 6.45) is 5.95. The summed E-state index contributed by atoms with van der Waals surface area (Å²) in [4.78, 5) is 12.4. The van der Waals surface area contributed by atoms with Gasteiger partial charge in [0, 0.05) is 19.2 Å². The minimum Gasteiger partial charge on any atom is -0.375 e. The minimum atomic E-state index is -0.289. The normalized spacial score (nSPS) is 30.1. The van der Waals surface area contributed by atoms with Crippen LogP contribution in [0.3, 0.4) is 0 Å². The highest BCUT2D eigenvalue weighted by atomic mass is 16.5. The van der Waals surface area contributed by atoms with Gasteiger partial charge in [-0.25, -0.2) is 0 Å². The van der Waals surface area contributed by atoms with Crippen LogP contribution in [0.1, 0.15) is 52.4 Å². The monoisotopic (exact) mass is 254 g/mol. The number of carbonyl (C=O) groups is 1. The summed E-state index contributed by atoms with van der Waals surface area (Å²) in [6, 6.07) is 0.241. The molecule has 1 heterocycles. The molecule has 4 nitrogen and oxygen atoms in total. The predicted molar refractivity (Wildman–Crippen MR) is 71.2 cm³/mol. The summed E-state index contributed by atoms with van der Waals surface area (Å²) in [5, 5.41) is 3.21. The van der Waals surface area contributed by atoms with Crippen LogP contribution >= 0.6 is 0 Å². The van der Waals surface area contributed by atoms with Gasteiger partial charge in [0.25, 0.3) is 0 Å². The zero-order valence-corrected chi connectivity index (χ0v) is 11.6. The van der Waals surface area contributed by atoms with Crippen molar-refractivity contribution in [3.63, 3.8) is 0 Å². The van der Waals surface area contributed by atoms with Gasteiger partial charge in [0.05, 0.1) is 11.0 Å². The number of amides is 1. The van der Waals surface area contributed by atoms with Crippen LogP contribution in [0.2, 0.25) is 0 Å². The molecule has 2 fully saturated rings. The number of hydrogen-bond donors (Lipinski definition) is 2. The predicted octanol–water partition coefficient (Wildman–Crippen LogP) is 1.58. The van der Waals surface area contributed by atoms with E-state index in [0.29, 0.717) is 6.54 Å². The summed E-state index contributed by atoms with van der Waals surface area (Å²) in [5.41, 5.74) is 5.43. The number of rotatable bonds is 3. The van der Waals surface area contributed by atoms with Crippen molar-refractivity contribution in [2.45, 2.75) is 64.0 Å². The molecule has 0 radical (unpaired) electrons. The summed E-state index contributed by atoms with van der Waals surface area (Å²) in [5.74, 6) is 0.171. The van der Waals surface area contributed by atoms with Crippen molar-refractivity contribution in [2.24, 2.45) is 11.1 Å². The minimum absolute atomic E-state index is 0.123. The second-order valence-electron chi connectivity index (χ2n) is 6.46. The Bertz CT molecular complexity index is 309. The Labute approximate surface area is 110 Å². The first-order valence-corrected chi connectivity index (χ1v) is 7.12. The third kappa shape index (κ3) is 2.86. The van der Waals surface area contributed by atoms with Gasteiger partial charge in [0.15, 0.2) is 0 Å². The smallest absolute Gasteiger partial charge is 0.227 e. The molecule has 18 heavy (non-hydrogen) atoms. The van der Waals surface area contributed by atoms with E-state index < -0.39 is 0 Å². The molecular weight excluding hydrogens is 228 g/mol. The maximum absolute atomic E-state index is 12.4. The Morgan fingerprint density at radius 2 is 2.06 bits per heavy atom. The topological polar surface area (TPSA) is 64.4 Å². The Hall–Kier alpha value is -0.610. The zero-order chi connectivity index (χ0) is 13.2. The quantitative estimate of drug-likeness (QED) is 0.803. The van der Waals surface area contributed by atoms with Crippen LogP contribution in [-0.4, -0.2) is 30.7 Å². The van der Waals surface area contributed by atoms with E-state index in [1.54, 1.807) is 0 Å². The molecule has 4 heteroatoms. The Balaban J connectivity index is 1.94. The first-order chi connectivity index (χ1) is 8.47. The molecule has 1 saturated heterocycles. The van der Waals surface area contributed by atoms with E-state index in [2.05, 4.69) is 19.2 Å². The molecule has 0 spiro atoms. The van der Waals surface area contributed by atoms with E-state index in [0.717, 1.165) is 45.1 Å². The molecule has 1 unspecified atom stereocenters. The van der Waals surface area contributed by atoms with Crippen LogP contribution < -0.4 is 11.1 Å². The first-order valence-electron chi connectivity index (χ1n) is 7.12. The highest BCUT2D eigenvalue weighted by molar-refractivity contribution is 5.83. The van der Waals surface area contributed by atoms with Crippen LogP contribution in [0, 0.1) is 5.41 Å². The maximum atomic E-state index is 12.4. The van der Waals surface area contributed by atoms with E-state index in [1.165, 1.54) is 0 Å². The molecule has 0 bridgehead atoms. The van der Waals surface area contributed by atoms with Crippen molar-refractivity contribution < 1.29 is 9.53 Å². The molecule has 1 saturated carbocycles. The lowest BCUT2D eigenvalue weighted by Gasteiger charge is -2.37. The van der Waals surface area contributed by atoms with Crippen LogP contribution in [-0.2, 0) is 9.53 Å². The van der Waals surface area contributed by atoms with E-state index in [9.17, 15) is 4.79 Å². The third-order valence-electron chi connectivity index (χ3n) is 4.47. The fraction of sp³-hybridized carbons (Fsp3) is 0.929.